The van der Waals surface area contributed by atoms with Crippen molar-refractivity contribution in [3.8, 4) is 5.69 Å². The molecule has 1 heterocycles. The van der Waals surface area contributed by atoms with Gasteiger partial charge in [-0.1, -0.05) is 43.7 Å². The summed E-state index contributed by atoms with van der Waals surface area (Å²) >= 11 is 0. The highest BCUT2D eigenvalue weighted by Gasteiger charge is 2.25. The molecule has 1 aromatic carbocycles. The van der Waals surface area contributed by atoms with Crippen molar-refractivity contribution in [3.05, 3.63) is 41.2 Å². The van der Waals surface area contributed by atoms with Crippen LogP contribution < -0.4 is 5.73 Å². The molecule has 0 radical (unpaired) electrons. The zero-order valence-corrected chi connectivity index (χ0v) is 11.4. The molecule has 96 valence electrons. The predicted molar refractivity (Wildman–Crippen MR) is 72.7 cm³/mol. The molecule has 0 amide bonds. The van der Waals surface area contributed by atoms with E-state index in [-0.39, 0.29) is 5.41 Å². The Kier molecular flexibility index (Phi) is 3.22. The van der Waals surface area contributed by atoms with E-state index < -0.39 is 0 Å². The summed E-state index contributed by atoms with van der Waals surface area (Å²) in [6.07, 6.45) is 0. The number of nitrogens with two attached hydrogens (primary N) is 1. The molecule has 0 spiro atoms. The summed E-state index contributed by atoms with van der Waals surface area (Å²) in [6.45, 7) is 8.93. The van der Waals surface area contributed by atoms with Crippen LogP contribution >= 0.6 is 0 Å². The fraction of sp³-hybridized carbons (Fsp3) is 0.429. The molecule has 0 fully saturated rings. The van der Waals surface area contributed by atoms with Gasteiger partial charge >= 0.3 is 0 Å². The molecule has 0 aliphatic heterocycles. The van der Waals surface area contributed by atoms with Gasteiger partial charge in [-0.15, -0.1) is 5.10 Å². The Morgan fingerprint density at radius 1 is 1.17 bits per heavy atom. The third-order valence-electron chi connectivity index (χ3n) is 2.92. The van der Waals surface area contributed by atoms with E-state index in [0.29, 0.717) is 6.54 Å². The average Bonchev–Trinajstić information content (AvgIpc) is 2.73. The summed E-state index contributed by atoms with van der Waals surface area (Å²) in [6, 6.07) is 8.26. The molecule has 0 atom stereocenters. The van der Waals surface area contributed by atoms with Gasteiger partial charge in [0.1, 0.15) is 5.69 Å². The first-order chi connectivity index (χ1) is 8.43. The minimum absolute atomic E-state index is 0.0386. The molecule has 2 N–H and O–H groups in total. The van der Waals surface area contributed by atoms with Crippen LogP contribution in [0.5, 0.6) is 0 Å². The van der Waals surface area contributed by atoms with Crippen LogP contribution in [0.2, 0.25) is 0 Å². The predicted octanol–water partition coefficient (Wildman–Crippen LogP) is 2.33. The second-order valence-corrected chi connectivity index (χ2v) is 5.59. The molecular formula is C14H20N4. The van der Waals surface area contributed by atoms with Crippen molar-refractivity contribution in [3.63, 3.8) is 0 Å². The van der Waals surface area contributed by atoms with Crippen LogP contribution in [0.25, 0.3) is 5.69 Å². The summed E-state index contributed by atoms with van der Waals surface area (Å²) < 4.78 is 1.89. The van der Waals surface area contributed by atoms with Gasteiger partial charge < -0.3 is 5.73 Å². The Balaban J connectivity index is 2.58. The minimum atomic E-state index is -0.0386. The van der Waals surface area contributed by atoms with Crippen molar-refractivity contribution in [1.29, 1.82) is 0 Å². The molecule has 18 heavy (non-hydrogen) atoms. The second-order valence-electron chi connectivity index (χ2n) is 5.59. The van der Waals surface area contributed by atoms with Gasteiger partial charge in [-0.2, -0.15) is 0 Å². The van der Waals surface area contributed by atoms with Crippen LogP contribution in [0.3, 0.4) is 0 Å². The second kappa shape index (κ2) is 4.53. The normalized spacial score (nSPS) is 11.8. The molecule has 2 rings (SSSR count). The number of rotatable bonds is 2. The van der Waals surface area contributed by atoms with Gasteiger partial charge in [0.15, 0.2) is 0 Å². The topological polar surface area (TPSA) is 56.7 Å². The smallest absolute Gasteiger partial charge is 0.100 e. The first-order valence-electron chi connectivity index (χ1n) is 6.15. The molecule has 0 saturated carbocycles. The summed E-state index contributed by atoms with van der Waals surface area (Å²) in [5, 5.41) is 8.43. The summed E-state index contributed by atoms with van der Waals surface area (Å²) in [7, 11) is 0. The molecule has 4 nitrogen and oxygen atoms in total. The molecule has 0 bridgehead atoms. The lowest BCUT2D eigenvalue weighted by Gasteiger charge is -2.21. The van der Waals surface area contributed by atoms with Crippen molar-refractivity contribution < 1.29 is 0 Å². The van der Waals surface area contributed by atoms with E-state index in [1.165, 1.54) is 5.56 Å². The largest absolute Gasteiger partial charge is 0.325 e. The van der Waals surface area contributed by atoms with E-state index in [1.54, 1.807) is 0 Å². The SMILES string of the molecule is Cc1ccc(-n2nnc(CN)c2C(C)(C)C)cc1. The third-order valence-corrected chi connectivity index (χ3v) is 2.92. The lowest BCUT2D eigenvalue weighted by Crippen LogP contribution is -2.20. The number of aromatic nitrogens is 3. The Labute approximate surface area is 108 Å². The van der Waals surface area contributed by atoms with Crippen LogP contribution in [0.1, 0.15) is 37.7 Å². The Hall–Kier alpha value is -1.68. The first-order valence-corrected chi connectivity index (χ1v) is 6.15. The number of nitrogens with zero attached hydrogens (tertiary/aromatic N) is 3. The van der Waals surface area contributed by atoms with Gasteiger partial charge in [-0.3, -0.25) is 0 Å². The highest BCUT2D eigenvalue weighted by atomic mass is 15.4. The van der Waals surface area contributed by atoms with Gasteiger partial charge in [-0.25, -0.2) is 4.68 Å². The van der Waals surface area contributed by atoms with Gasteiger partial charge in [0, 0.05) is 12.0 Å². The maximum Gasteiger partial charge on any atom is 0.100 e. The van der Waals surface area contributed by atoms with Crippen molar-refractivity contribution in [2.24, 2.45) is 5.73 Å². The third kappa shape index (κ3) is 2.29. The molecule has 0 aliphatic rings. The van der Waals surface area contributed by atoms with Gasteiger partial charge in [-0.05, 0) is 19.1 Å². The quantitative estimate of drug-likeness (QED) is 0.882. The van der Waals surface area contributed by atoms with Crippen molar-refractivity contribution >= 4 is 0 Å². The highest BCUT2D eigenvalue weighted by Crippen LogP contribution is 2.26. The molecule has 0 aliphatic carbocycles. The molecule has 2 aromatic rings. The number of benzene rings is 1. The number of hydrogen-bond donors (Lipinski definition) is 1. The monoisotopic (exact) mass is 244 g/mol. The van der Waals surface area contributed by atoms with Crippen LogP contribution in [0.4, 0.5) is 0 Å². The van der Waals surface area contributed by atoms with Crippen molar-refractivity contribution in [1.82, 2.24) is 15.0 Å². The molecule has 1 aromatic heterocycles. The van der Waals surface area contributed by atoms with Gasteiger partial charge in [0.25, 0.3) is 0 Å². The summed E-state index contributed by atoms with van der Waals surface area (Å²) in [5.41, 5.74) is 9.91. The van der Waals surface area contributed by atoms with E-state index in [1.807, 2.05) is 4.68 Å². The molecule has 0 unspecified atom stereocenters. The first kappa shape index (κ1) is 12.8. The number of aryl methyl sites for hydroxylation is 1. The van der Waals surface area contributed by atoms with Crippen LogP contribution in [0, 0.1) is 6.92 Å². The maximum atomic E-state index is 5.75. The lowest BCUT2D eigenvalue weighted by molar-refractivity contribution is 0.537. The van der Waals surface area contributed by atoms with E-state index >= 15 is 0 Å². The van der Waals surface area contributed by atoms with Crippen LogP contribution in [-0.2, 0) is 12.0 Å². The van der Waals surface area contributed by atoms with Crippen LogP contribution in [-0.4, -0.2) is 15.0 Å². The van der Waals surface area contributed by atoms with Gasteiger partial charge in [0.05, 0.1) is 11.4 Å². The minimum Gasteiger partial charge on any atom is -0.325 e. The zero-order chi connectivity index (χ0) is 13.3. The van der Waals surface area contributed by atoms with E-state index in [2.05, 4.69) is 62.3 Å². The summed E-state index contributed by atoms with van der Waals surface area (Å²) in [4.78, 5) is 0. The van der Waals surface area contributed by atoms with E-state index in [4.69, 9.17) is 5.73 Å². The summed E-state index contributed by atoms with van der Waals surface area (Å²) in [5.74, 6) is 0. The lowest BCUT2D eigenvalue weighted by atomic mass is 9.90. The molecule has 4 heteroatoms. The van der Waals surface area contributed by atoms with Crippen molar-refractivity contribution in [2.45, 2.75) is 39.7 Å². The van der Waals surface area contributed by atoms with Crippen LogP contribution in [0.15, 0.2) is 24.3 Å². The van der Waals surface area contributed by atoms with E-state index in [9.17, 15) is 0 Å². The van der Waals surface area contributed by atoms with Gasteiger partial charge in [0.2, 0.25) is 0 Å². The molecular weight excluding hydrogens is 224 g/mol. The highest BCUT2D eigenvalue weighted by molar-refractivity contribution is 5.37. The fourth-order valence-corrected chi connectivity index (χ4v) is 2.07. The van der Waals surface area contributed by atoms with E-state index in [0.717, 1.165) is 17.1 Å². The fourth-order valence-electron chi connectivity index (χ4n) is 2.07. The Morgan fingerprint density at radius 2 is 1.78 bits per heavy atom. The Morgan fingerprint density at radius 3 is 2.28 bits per heavy atom. The Bertz CT molecular complexity index is 532. The molecule has 0 saturated heterocycles. The van der Waals surface area contributed by atoms with Crippen molar-refractivity contribution in [2.75, 3.05) is 0 Å². The standard InChI is InChI=1S/C14H20N4/c1-10-5-7-11(8-6-10)18-13(14(2,3)4)12(9-15)16-17-18/h5-8H,9,15H2,1-4H3. The average molecular weight is 244 g/mol. The zero-order valence-electron chi connectivity index (χ0n) is 11.4. The number of hydrogen-bond acceptors (Lipinski definition) is 3. The maximum absolute atomic E-state index is 5.75.